The molecule has 1 aromatic rings. The van der Waals surface area contributed by atoms with Crippen molar-refractivity contribution in [2.45, 2.75) is 39.0 Å². The van der Waals surface area contributed by atoms with Crippen LogP contribution in [-0.2, 0) is 0 Å². The minimum Gasteiger partial charge on any atom is -0.491 e. The third-order valence-corrected chi connectivity index (χ3v) is 2.62. The minimum atomic E-state index is -0.712. The van der Waals surface area contributed by atoms with Crippen molar-refractivity contribution in [3.8, 4) is 5.75 Å². The van der Waals surface area contributed by atoms with Crippen molar-refractivity contribution >= 4 is 0 Å². The third-order valence-electron chi connectivity index (χ3n) is 2.62. The normalized spacial score (nSPS) is 14.6. The van der Waals surface area contributed by atoms with E-state index >= 15 is 0 Å². The number of ether oxygens (including phenoxy) is 1. The lowest BCUT2D eigenvalue weighted by Gasteiger charge is -2.17. The third kappa shape index (κ3) is 5.04. The number of aliphatic hydroxyl groups excluding tert-OH is 2. The molecule has 3 N–H and O–H groups in total. The second kappa shape index (κ2) is 7.36. The first-order valence-corrected chi connectivity index (χ1v) is 6.32. The molecule has 0 aliphatic rings. The fraction of sp³-hybridized carbons (Fsp3) is 0.571. The van der Waals surface area contributed by atoms with Gasteiger partial charge in [-0.15, -0.1) is 0 Å². The van der Waals surface area contributed by atoms with Crippen molar-refractivity contribution in [1.29, 1.82) is 0 Å². The van der Waals surface area contributed by atoms with Crippen LogP contribution >= 0.6 is 0 Å². The first kappa shape index (κ1) is 15.0. The summed E-state index contributed by atoms with van der Waals surface area (Å²) in [6, 6.07) is 8.01. The molecule has 0 amide bonds. The summed E-state index contributed by atoms with van der Waals surface area (Å²) in [7, 11) is 0. The average molecular weight is 253 g/mol. The van der Waals surface area contributed by atoms with Gasteiger partial charge in [-0.1, -0.05) is 12.1 Å². The number of nitrogens with one attached hydrogen (secondary N) is 1. The lowest BCUT2D eigenvalue weighted by atomic mass is 10.1. The Kier molecular flexibility index (Phi) is 6.12. The van der Waals surface area contributed by atoms with Crippen LogP contribution in [0, 0.1) is 0 Å². The maximum Gasteiger partial charge on any atom is 0.119 e. The second-order valence-corrected chi connectivity index (χ2v) is 4.70. The standard InChI is InChI=1S/C14H23NO3/c1-10(2)18-14-6-4-12(5-7-14)11(3)15-8-13(17)9-16/h4-7,10-11,13,15-17H,8-9H2,1-3H3. The zero-order valence-electron chi connectivity index (χ0n) is 11.3. The molecular formula is C14H23NO3. The summed E-state index contributed by atoms with van der Waals surface area (Å²) in [6.45, 7) is 6.16. The van der Waals surface area contributed by atoms with Crippen molar-refractivity contribution in [3.05, 3.63) is 29.8 Å². The highest BCUT2D eigenvalue weighted by Crippen LogP contribution is 2.18. The van der Waals surface area contributed by atoms with E-state index in [-0.39, 0.29) is 18.8 Å². The van der Waals surface area contributed by atoms with Crippen molar-refractivity contribution in [3.63, 3.8) is 0 Å². The van der Waals surface area contributed by atoms with Crippen molar-refractivity contribution in [1.82, 2.24) is 5.32 Å². The molecule has 4 heteroatoms. The number of rotatable bonds is 7. The van der Waals surface area contributed by atoms with Crippen LogP contribution in [0.1, 0.15) is 32.4 Å². The fourth-order valence-electron chi connectivity index (χ4n) is 1.60. The Hall–Kier alpha value is -1.10. The molecule has 0 spiro atoms. The number of hydrogen-bond acceptors (Lipinski definition) is 4. The molecular weight excluding hydrogens is 230 g/mol. The molecule has 4 nitrogen and oxygen atoms in total. The van der Waals surface area contributed by atoms with Gasteiger partial charge in [0.25, 0.3) is 0 Å². The quantitative estimate of drug-likeness (QED) is 0.689. The summed E-state index contributed by atoms with van der Waals surface area (Å²) in [4.78, 5) is 0. The zero-order chi connectivity index (χ0) is 13.5. The minimum absolute atomic E-state index is 0.124. The van der Waals surface area contributed by atoms with Crippen LogP contribution in [0.2, 0.25) is 0 Å². The lowest BCUT2D eigenvalue weighted by Crippen LogP contribution is -2.31. The van der Waals surface area contributed by atoms with Gasteiger partial charge >= 0.3 is 0 Å². The summed E-state index contributed by atoms with van der Waals surface area (Å²) in [5.41, 5.74) is 1.12. The molecule has 0 saturated heterocycles. The van der Waals surface area contributed by atoms with Crippen LogP contribution in [0.5, 0.6) is 5.75 Å². The summed E-state index contributed by atoms with van der Waals surface area (Å²) >= 11 is 0. The number of benzene rings is 1. The van der Waals surface area contributed by atoms with Crippen LogP contribution in [-0.4, -0.2) is 35.6 Å². The molecule has 0 fully saturated rings. The van der Waals surface area contributed by atoms with Gasteiger partial charge in [0.1, 0.15) is 5.75 Å². The Labute approximate surface area is 109 Å². The number of aliphatic hydroxyl groups is 2. The van der Waals surface area contributed by atoms with Gasteiger partial charge in [-0.2, -0.15) is 0 Å². The van der Waals surface area contributed by atoms with E-state index in [9.17, 15) is 5.11 Å². The van der Waals surface area contributed by atoms with Crippen LogP contribution in [0.25, 0.3) is 0 Å². The Morgan fingerprint density at radius 3 is 2.28 bits per heavy atom. The smallest absolute Gasteiger partial charge is 0.119 e. The molecule has 1 rings (SSSR count). The topological polar surface area (TPSA) is 61.7 Å². The van der Waals surface area contributed by atoms with Gasteiger partial charge in [-0.05, 0) is 38.5 Å². The Morgan fingerprint density at radius 1 is 1.17 bits per heavy atom. The predicted octanol–water partition coefficient (Wildman–Crippen LogP) is 1.48. The van der Waals surface area contributed by atoms with E-state index < -0.39 is 6.10 Å². The maximum absolute atomic E-state index is 9.26. The highest BCUT2D eigenvalue weighted by atomic mass is 16.5. The Morgan fingerprint density at radius 2 is 1.78 bits per heavy atom. The molecule has 2 atom stereocenters. The average Bonchev–Trinajstić information content (AvgIpc) is 2.35. The second-order valence-electron chi connectivity index (χ2n) is 4.70. The number of hydrogen-bond donors (Lipinski definition) is 3. The van der Waals surface area contributed by atoms with Gasteiger partial charge in [0.05, 0.1) is 18.8 Å². The van der Waals surface area contributed by atoms with Crippen LogP contribution in [0.4, 0.5) is 0 Å². The molecule has 2 unspecified atom stereocenters. The molecule has 0 aliphatic heterocycles. The van der Waals surface area contributed by atoms with Crippen molar-refractivity contribution in [2.75, 3.05) is 13.2 Å². The zero-order valence-corrected chi connectivity index (χ0v) is 11.3. The Balaban J connectivity index is 2.50. The van der Waals surface area contributed by atoms with Gasteiger partial charge in [-0.3, -0.25) is 0 Å². The summed E-state index contributed by atoms with van der Waals surface area (Å²) in [5, 5.41) is 21.2. The largest absolute Gasteiger partial charge is 0.491 e. The molecule has 0 aromatic heterocycles. The molecule has 0 heterocycles. The first-order valence-electron chi connectivity index (χ1n) is 6.32. The summed E-state index contributed by atoms with van der Waals surface area (Å²) in [5.74, 6) is 0.858. The van der Waals surface area contributed by atoms with Gasteiger partial charge in [0, 0.05) is 12.6 Å². The highest BCUT2D eigenvalue weighted by molar-refractivity contribution is 5.29. The molecule has 0 radical (unpaired) electrons. The van der Waals surface area contributed by atoms with E-state index in [1.165, 1.54) is 0 Å². The van der Waals surface area contributed by atoms with Crippen molar-refractivity contribution in [2.24, 2.45) is 0 Å². The van der Waals surface area contributed by atoms with E-state index in [0.29, 0.717) is 6.54 Å². The van der Waals surface area contributed by atoms with E-state index in [0.717, 1.165) is 11.3 Å². The molecule has 0 aliphatic carbocycles. The molecule has 1 aromatic carbocycles. The molecule has 18 heavy (non-hydrogen) atoms. The van der Waals surface area contributed by atoms with E-state index in [4.69, 9.17) is 9.84 Å². The molecule has 0 saturated carbocycles. The first-order chi connectivity index (χ1) is 8.52. The Bertz CT molecular complexity index is 337. The highest BCUT2D eigenvalue weighted by Gasteiger charge is 2.08. The van der Waals surface area contributed by atoms with E-state index in [1.807, 2.05) is 45.0 Å². The van der Waals surface area contributed by atoms with E-state index in [2.05, 4.69) is 5.32 Å². The molecule has 0 bridgehead atoms. The maximum atomic E-state index is 9.26. The SMILES string of the molecule is CC(C)Oc1ccc(C(C)NCC(O)CO)cc1. The molecule has 102 valence electrons. The fourth-order valence-corrected chi connectivity index (χ4v) is 1.60. The summed E-state index contributed by atoms with van der Waals surface area (Å²) < 4.78 is 5.57. The van der Waals surface area contributed by atoms with Crippen LogP contribution in [0.15, 0.2) is 24.3 Å². The van der Waals surface area contributed by atoms with Gasteiger partial charge in [-0.25, -0.2) is 0 Å². The van der Waals surface area contributed by atoms with Crippen LogP contribution < -0.4 is 10.1 Å². The monoisotopic (exact) mass is 253 g/mol. The van der Waals surface area contributed by atoms with Gasteiger partial charge in [0.2, 0.25) is 0 Å². The van der Waals surface area contributed by atoms with Crippen LogP contribution in [0.3, 0.4) is 0 Å². The van der Waals surface area contributed by atoms with E-state index in [1.54, 1.807) is 0 Å². The lowest BCUT2D eigenvalue weighted by molar-refractivity contribution is 0.0924. The van der Waals surface area contributed by atoms with Gasteiger partial charge in [0.15, 0.2) is 0 Å². The van der Waals surface area contributed by atoms with Gasteiger partial charge < -0.3 is 20.3 Å². The van der Waals surface area contributed by atoms with Crippen molar-refractivity contribution < 1.29 is 14.9 Å². The summed E-state index contributed by atoms with van der Waals surface area (Å²) in [6.07, 6.45) is -0.540. The predicted molar refractivity (Wildman–Crippen MR) is 71.7 cm³/mol.